The Morgan fingerprint density at radius 2 is 1.93 bits per heavy atom. The van der Waals surface area contributed by atoms with Crippen LogP contribution in [0.5, 0.6) is 0 Å². The number of rotatable bonds is 3. The zero-order valence-electron chi connectivity index (χ0n) is 8.83. The van der Waals surface area contributed by atoms with Crippen LogP contribution >= 0.6 is 0 Å². The molecule has 1 aliphatic rings. The lowest BCUT2D eigenvalue weighted by molar-refractivity contribution is 0.627. The molecule has 2 rings (SSSR count). The summed E-state index contributed by atoms with van der Waals surface area (Å²) in [5.41, 5.74) is 2.48. The lowest BCUT2D eigenvalue weighted by Crippen LogP contribution is -2.03. The zero-order valence-corrected chi connectivity index (χ0v) is 8.83. The van der Waals surface area contributed by atoms with Gasteiger partial charge in [-0.25, -0.2) is 0 Å². The van der Waals surface area contributed by atoms with E-state index in [4.69, 9.17) is 0 Å². The van der Waals surface area contributed by atoms with Gasteiger partial charge in [0.2, 0.25) is 0 Å². The summed E-state index contributed by atoms with van der Waals surface area (Å²) in [5.74, 6) is 0.695. The average Bonchev–Trinajstić information content (AvgIpc) is 2.97. The third kappa shape index (κ3) is 1.73. The maximum atomic E-state index is 4.16. The normalized spacial score (nSPS) is 25.1. The van der Waals surface area contributed by atoms with Crippen molar-refractivity contribution >= 4 is 5.57 Å². The van der Waals surface area contributed by atoms with Crippen molar-refractivity contribution in [1.29, 1.82) is 0 Å². The maximum absolute atomic E-state index is 4.16. The standard InChI is InChI=1S/C13H17N/c1-9(2)12-13(14-12)10(3)11-7-5-4-6-8-11/h4-9,12-14H,3H2,1-2H3/t12-,13-/m1/s1. The molecule has 2 atom stereocenters. The fraction of sp³-hybridized carbons (Fsp3) is 0.385. The maximum Gasteiger partial charge on any atom is 0.0481 e. The number of benzene rings is 1. The predicted molar refractivity (Wildman–Crippen MR) is 61.0 cm³/mol. The number of hydrogen-bond donors (Lipinski definition) is 1. The molecule has 0 unspecified atom stereocenters. The van der Waals surface area contributed by atoms with Crippen LogP contribution in [-0.4, -0.2) is 12.1 Å². The number of hydrogen-bond acceptors (Lipinski definition) is 1. The Morgan fingerprint density at radius 1 is 1.29 bits per heavy atom. The molecule has 0 aromatic heterocycles. The van der Waals surface area contributed by atoms with Gasteiger partial charge >= 0.3 is 0 Å². The molecule has 1 aliphatic heterocycles. The van der Waals surface area contributed by atoms with Crippen LogP contribution in [0.4, 0.5) is 0 Å². The predicted octanol–water partition coefficient (Wildman–Crippen LogP) is 2.70. The lowest BCUT2D eigenvalue weighted by atomic mass is 9.99. The van der Waals surface area contributed by atoms with E-state index in [9.17, 15) is 0 Å². The van der Waals surface area contributed by atoms with Crippen LogP contribution in [0.3, 0.4) is 0 Å². The molecule has 1 heteroatoms. The molecule has 0 bridgehead atoms. The van der Waals surface area contributed by atoms with Gasteiger partial charge in [0, 0.05) is 12.1 Å². The van der Waals surface area contributed by atoms with Gasteiger partial charge in [-0.1, -0.05) is 50.8 Å². The minimum absolute atomic E-state index is 0.498. The lowest BCUT2D eigenvalue weighted by Gasteiger charge is -2.04. The summed E-state index contributed by atoms with van der Waals surface area (Å²) in [4.78, 5) is 0. The van der Waals surface area contributed by atoms with Gasteiger partial charge < -0.3 is 5.32 Å². The highest BCUT2D eigenvalue weighted by molar-refractivity contribution is 5.70. The summed E-state index contributed by atoms with van der Waals surface area (Å²) >= 11 is 0. The van der Waals surface area contributed by atoms with E-state index in [1.54, 1.807) is 0 Å². The van der Waals surface area contributed by atoms with Crippen molar-refractivity contribution in [2.75, 3.05) is 0 Å². The molecule has 74 valence electrons. The summed E-state index contributed by atoms with van der Waals surface area (Å²) in [6, 6.07) is 11.5. The first kappa shape index (κ1) is 9.47. The quantitative estimate of drug-likeness (QED) is 0.722. The van der Waals surface area contributed by atoms with Gasteiger partial charge in [-0.15, -0.1) is 0 Å². The molecule has 0 radical (unpaired) electrons. The molecule has 1 N–H and O–H groups in total. The molecule has 1 fully saturated rings. The third-order valence-electron chi connectivity index (χ3n) is 2.86. The van der Waals surface area contributed by atoms with Crippen LogP contribution in [0.2, 0.25) is 0 Å². The third-order valence-corrected chi connectivity index (χ3v) is 2.86. The Morgan fingerprint density at radius 3 is 2.43 bits per heavy atom. The Hall–Kier alpha value is -1.08. The molecular formula is C13H17N. The van der Waals surface area contributed by atoms with Gasteiger partial charge in [0.1, 0.15) is 0 Å². The van der Waals surface area contributed by atoms with Crippen LogP contribution in [0.1, 0.15) is 19.4 Å². The van der Waals surface area contributed by atoms with E-state index in [-0.39, 0.29) is 0 Å². The topological polar surface area (TPSA) is 21.9 Å². The minimum atomic E-state index is 0.498. The molecule has 1 heterocycles. The minimum Gasteiger partial charge on any atom is -0.304 e. The van der Waals surface area contributed by atoms with Crippen LogP contribution < -0.4 is 5.32 Å². The molecule has 1 aromatic rings. The van der Waals surface area contributed by atoms with Gasteiger partial charge in [0.15, 0.2) is 0 Å². The Labute approximate surface area is 85.8 Å². The van der Waals surface area contributed by atoms with Crippen LogP contribution in [0.15, 0.2) is 36.9 Å². The van der Waals surface area contributed by atoms with Gasteiger partial charge in [0.05, 0.1) is 0 Å². The van der Waals surface area contributed by atoms with Crippen molar-refractivity contribution in [1.82, 2.24) is 5.32 Å². The number of nitrogens with one attached hydrogen (secondary N) is 1. The van der Waals surface area contributed by atoms with E-state index in [2.05, 4.69) is 50.0 Å². The SMILES string of the molecule is C=C(c1ccccc1)[C@H]1N[C@@H]1C(C)C. The molecule has 0 amide bonds. The van der Waals surface area contributed by atoms with E-state index in [0.29, 0.717) is 18.0 Å². The summed E-state index contributed by atoms with van der Waals surface area (Å²) in [6.07, 6.45) is 0. The second kappa shape index (κ2) is 3.58. The molecular weight excluding hydrogens is 170 g/mol. The molecule has 1 aromatic carbocycles. The highest BCUT2D eigenvalue weighted by atomic mass is 15.2. The Bertz CT molecular complexity index is 326. The van der Waals surface area contributed by atoms with Gasteiger partial charge in [-0.2, -0.15) is 0 Å². The smallest absolute Gasteiger partial charge is 0.0481 e. The Balaban J connectivity index is 2.05. The van der Waals surface area contributed by atoms with E-state index in [1.807, 2.05) is 6.07 Å². The van der Waals surface area contributed by atoms with E-state index in [1.165, 1.54) is 11.1 Å². The summed E-state index contributed by atoms with van der Waals surface area (Å²) < 4.78 is 0. The Kier molecular flexibility index (Phi) is 2.42. The van der Waals surface area contributed by atoms with Crippen LogP contribution in [-0.2, 0) is 0 Å². The molecule has 1 saturated heterocycles. The highest BCUT2D eigenvalue weighted by Gasteiger charge is 2.40. The first-order valence-corrected chi connectivity index (χ1v) is 5.20. The summed E-state index contributed by atoms with van der Waals surface area (Å²) in [6.45, 7) is 8.65. The largest absolute Gasteiger partial charge is 0.304 e. The van der Waals surface area contributed by atoms with Gasteiger partial charge in [-0.3, -0.25) is 0 Å². The first-order valence-electron chi connectivity index (χ1n) is 5.20. The van der Waals surface area contributed by atoms with Gasteiger partial charge in [0.25, 0.3) is 0 Å². The van der Waals surface area contributed by atoms with Crippen molar-refractivity contribution in [3.63, 3.8) is 0 Å². The molecule has 0 saturated carbocycles. The zero-order chi connectivity index (χ0) is 10.1. The van der Waals surface area contributed by atoms with Crippen molar-refractivity contribution < 1.29 is 0 Å². The van der Waals surface area contributed by atoms with Crippen molar-refractivity contribution in [2.45, 2.75) is 25.9 Å². The van der Waals surface area contributed by atoms with Gasteiger partial charge in [-0.05, 0) is 17.1 Å². The van der Waals surface area contributed by atoms with Crippen molar-refractivity contribution in [2.24, 2.45) is 5.92 Å². The molecule has 0 aliphatic carbocycles. The summed E-state index contributed by atoms with van der Waals surface area (Å²) in [7, 11) is 0. The molecule has 14 heavy (non-hydrogen) atoms. The van der Waals surface area contributed by atoms with Crippen molar-refractivity contribution in [3.05, 3.63) is 42.5 Å². The first-order chi connectivity index (χ1) is 6.70. The van der Waals surface area contributed by atoms with Crippen LogP contribution in [0, 0.1) is 5.92 Å². The van der Waals surface area contributed by atoms with Crippen molar-refractivity contribution in [3.8, 4) is 0 Å². The van der Waals surface area contributed by atoms with Crippen LogP contribution in [0.25, 0.3) is 5.57 Å². The monoisotopic (exact) mass is 187 g/mol. The summed E-state index contributed by atoms with van der Waals surface area (Å²) in [5, 5.41) is 3.47. The van der Waals surface area contributed by atoms with E-state index < -0.39 is 0 Å². The fourth-order valence-corrected chi connectivity index (χ4v) is 1.88. The average molecular weight is 187 g/mol. The van der Waals surface area contributed by atoms with E-state index >= 15 is 0 Å². The molecule has 1 nitrogen and oxygen atoms in total. The fourth-order valence-electron chi connectivity index (χ4n) is 1.88. The second-order valence-electron chi connectivity index (χ2n) is 4.31. The van der Waals surface area contributed by atoms with E-state index in [0.717, 1.165) is 0 Å². The molecule has 0 spiro atoms. The second-order valence-corrected chi connectivity index (χ2v) is 4.31. The highest BCUT2D eigenvalue weighted by Crippen LogP contribution is 2.30.